The fraction of sp³-hybridized carbons (Fsp3) is 0.714. The molecule has 0 aliphatic carbocycles. The second-order valence-corrected chi connectivity index (χ2v) is 9.00. The summed E-state index contributed by atoms with van der Waals surface area (Å²) in [4.78, 5) is 6.28. The Bertz CT molecular complexity index is 654. The van der Waals surface area contributed by atoms with Crippen LogP contribution in [0.1, 0.15) is 19.4 Å². The van der Waals surface area contributed by atoms with Crippen LogP contribution in [0, 0.1) is 6.92 Å². The molecule has 1 N–H and O–H groups in total. The molecule has 0 amide bonds. The van der Waals surface area contributed by atoms with Gasteiger partial charge in [0, 0.05) is 32.9 Å². The normalized spacial score (nSPS) is 20.0. The quantitative estimate of drug-likeness (QED) is 0.416. The molecule has 7 nitrogen and oxygen atoms in total. The van der Waals surface area contributed by atoms with Gasteiger partial charge in [0.1, 0.15) is 0 Å². The van der Waals surface area contributed by atoms with E-state index < -0.39 is 14.6 Å². The number of sulfone groups is 1. The van der Waals surface area contributed by atoms with Crippen molar-refractivity contribution in [3.05, 3.63) is 18.0 Å². The van der Waals surface area contributed by atoms with Crippen LogP contribution in [0.25, 0.3) is 0 Å². The van der Waals surface area contributed by atoms with Gasteiger partial charge in [0.15, 0.2) is 15.8 Å². The summed E-state index contributed by atoms with van der Waals surface area (Å²) in [7, 11) is -1.32. The molecule has 2 rings (SSSR count). The molecule has 0 unspecified atom stereocenters. The second-order valence-electron chi connectivity index (χ2n) is 6.25. The molecule has 0 radical (unpaired) electrons. The van der Waals surface area contributed by atoms with Crippen LogP contribution < -0.4 is 5.32 Å². The number of aryl methyl sites for hydroxylation is 1. The Balaban J connectivity index is 0.00000264. The van der Waals surface area contributed by atoms with Gasteiger partial charge in [-0.1, -0.05) is 0 Å². The minimum absolute atomic E-state index is 0. The molecule has 1 aliphatic heterocycles. The summed E-state index contributed by atoms with van der Waals surface area (Å²) in [5.74, 6) is 0.908. The van der Waals surface area contributed by atoms with E-state index in [2.05, 4.69) is 15.4 Å². The molecule has 132 valence electrons. The highest BCUT2D eigenvalue weighted by Gasteiger charge is 2.40. The molecule has 9 heteroatoms. The van der Waals surface area contributed by atoms with Crippen molar-refractivity contribution >= 4 is 39.8 Å². The summed E-state index contributed by atoms with van der Waals surface area (Å²) in [5.41, 5.74) is 1.13. The Hall–Kier alpha value is -0.840. The van der Waals surface area contributed by atoms with Gasteiger partial charge in [-0.2, -0.15) is 5.10 Å². The summed E-state index contributed by atoms with van der Waals surface area (Å²) in [6.45, 7) is 7.91. The Kier molecular flexibility index (Phi) is 6.87. The van der Waals surface area contributed by atoms with Crippen molar-refractivity contribution in [3.8, 4) is 0 Å². The molecule has 1 aromatic rings. The Morgan fingerprint density at radius 1 is 1.48 bits per heavy atom. The highest BCUT2D eigenvalue weighted by Crippen LogP contribution is 2.23. The van der Waals surface area contributed by atoms with Gasteiger partial charge in [0.05, 0.1) is 23.2 Å². The summed E-state index contributed by atoms with van der Waals surface area (Å²) < 4.78 is 25.3. The molecule has 23 heavy (non-hydrogen) atoms. The lowest BCUT2D eigenvalue weighted by atomic mass is 10.2. The van der Waals surface area contributed by atoms with Crippen LogP contribution in [0.15, 0.2) is 17.4 Å². The van der Waals surface area contributed by atoms with Crippen LogP contribution in [-0.4, -0.2) is 66.2 Å². The van der Waals surface area contributed by atoms with Gasteiger partial charge in [-0.3, -0.25) is 9.67 Å². The lowest BCUT2D eigenvalue weighted by Gasteiger charge is -2.39. The fourth-order valence-electron chi connectivity index (χ4n) is 2.53. The maximum atomic E-state index is 12.1. The second kappa shape index (κ2) is 7.82. The van der Waals surface area contributed by atoms with Crippen LogP contribution in [0.4, 0.5) is 0 Å². The topological polar surface area (TPSA) is 79.6 Å². The van der Waals surface area contributed by atoms with E-state index in [4.69, 9.17) is 0 Å². The molecule has 1 aliphatic rings. The molecule has 0 spiro atoms. The van der Waals surface area contributed by atoms with Gasteiger partial charge >= 0.3 is 0 Å². The first-order valence-corrected chi connectivity index (χ1v) is 9.07. The number of halogens is 1. The van der Waals surface area contributed by atoms with Crippen molar-refractivity contribution in [3.63, 3.8) is 0 Å². The Morgan fingerprint density at radius 2 is 2.17 bits per heavy atom. The van der Waals surface area contributed by atoms with Gasteiger partial charge in [-0.05, 0) is 26.3 Å². The number of aromatic nitrogens is 2. The van der Waals surface area contributed by atoms with Crippen molar-refractivity contribution in [2.45, 2.75) is 32.1 Å². The number of aliphatic imine (C=N–C) groups is 1. The summed E-state index contributed by atoms with van der Waals surface area (Å²) >= 11 is 0. The zero-order valence-corrected chi connectivity index (χ0v) is 17.3. The zero-order chi connectivity index (χ0) is 16.4. The zero-order valence-electron chi connectivity index (χ0n) is 14.1. The van der Waals surface area contributed by atoms with E-state index in [1.54, 1.807) is 20.9 Å². The Labute approximate surface area is 155 Å². The molecule has 2 heterocycles. The number of hydrogen-bond acceptors (Lipinski definition) is 4. The third-order valence-corrected chi connectivity index (χ3v) is 6.47. The molecule has 0 aromatic carbocycles. The first-order valence-electron chi connectivity index (χ1n) is 7.42. The third kappa shape index (κ3) is 4.82. The smallest absolute Gasteiger partial charge is 0.193 e. The molecule has 0 atom stereocenters. The lowest BCUT2D eigenvalue weighted by Crippen LogP contribution is -2.57. The maximum absolute atomic E-state index is 12.1. The molecule has 1 fully saturated rings. The number of nitrogens with one attached hydrogen (secondary N) is 1. The standard InChI is InChI=1S/C14H25N5O2S.HI/c1-12-9-17-19(10-12)6-5-16-13(15-4)18-7-8-22(20,21)14(2,3)11-18;/h9-10H,5-8,11H2,1-4H3,(H,15,16);1H. The summed E-state index contributed by atoms with van der Waals surface area (Å²) in [5, 5.41) is 7.52. The van der Waals surface area contributed by atoms with E-state index in [0.717, 1.165) is 18.1 Å². The first kappa shape index (κ1) is 20.2. The van der Waals surface area contributed by atoms with Crippen LogP contribution in [0.5, 0.6) is 0 Å². The van der Waals surface area contributed by atoms with Crippen molar-refractivity contribution in [2.24, 2.45) is 4.99 Å². The molecular weight excluding hydrogens is 429 g/mol. The highest BCUT2D eigenvalue weighted by molar-refractivity contribution is 14.0. The molecule has 1 saturated heterocycles. The largest absolute Gasteiger partial charge is 0.354 e. The lowest BCUT2D eigenvalue weighted by molar-refractivity contribution is 0.352. The SMILES string of the molecule is CN=C(NCCn1cc(C)cn1)N1CCS(=O)(=O)C(C)(C)C1.I. The van der Waals surface area contributed by atoms with Gasteiger partial charge in [-0.15, -0.1) is 24.0 Å². The first-order chi connectivity index (χ1) is 10.2. The van der Waals surface area contributed by atoms with E-state index in [1.165, 1.54) is 0 Å². The van der Waals surface area contributed by atoms with Crippen LogP contribution >= 0.6 is 24.0 Å². The van der Waals surface area contributed by atoms with E-state index in [9.17, 15) is 8.42 Å². The summed E-state index contributed by atoms with van der Waals surface area (Å²) in [6, 6.07) is 0. The number of nitrogens with zero attached hydrogens (tertiary/aromatic N) is 4. The molecular formula is C14H26IN5O2S. The van der Waals surface area contributed by atoms with Crippen LogP contribution in [0.2, 0.25) is 0 Å². The average Bonchev–Trinajstić information content (AvgIpc) is 2.84. The molecule has 1 aromatic heterocycles. The predicted octanol–water partition coefficient (Wildman–Crippen LogP) is 0.894. The van der Waals surface area contributed by atoms with Gasteiger partial charge in [-0.25, -0.2) is 8.42 Å². The maximum Gasteiger partial charge on any atom is 0.193 e. The Morgan fingerprint density at radius 3 is 2.70 bits per heavy atom. The average molecular weight is 455 g/mol. The molecule has 0 saturated carbocycles. The van der Waals surface area contributed by atoms with Gasteiger partial charge in [0.25, 0.3) is 0 Å². The van der Waals surface area contributed by atoms with Crippen LogP contribution in [-0.2, 0) is 16.4 Å². The van der Waals surface area contributed by atoms with E-state index in [-0.39, 0.29) is 29.7 Å². The third-order valence-electron chi connectivity index (χ3n) is 3.94. The van der Waals surface area contributed by atoms with Crippen molar-refractivity contribution < 1.29 is 8.42 Å². The van der Waals surface area contributed by atoms with Gasteiger partial charge < -0.3 is 10.2 Å². The highest BCUT2D eigenvalue weighted by atomic mass is 127. The fourth-order valence-corrected chi connectivity index (χ4v) is 3.89. The van der Waals surface area contributed by atoms with Crippen molar-refractivity contribution in [1.29, 1.82) is 0 Å². The van der Waals surface area contributed by atoms with Gasteiger partial charge in [0.2, 0.25) is 0 Å². The number of guanidine groups is 1. The van der Waals surface area contributed by atoms with Crippen molar-refractivity contribution in [2.75, 3.05) is 32.4 Å². The number of hydrogen-bond donors (Lipinski definition) is 1. The minimum atomic E-state index is -3.03. The van der Waals surface area contributed by atoms with E-state index in [0.29, 0.717) is 19.6 Å². The minimum Gasteiger partial charge on any atom is -0.354 e. The van der Waals surface area contributed by atoms with Crippen LogP contribution in [0.3, 0.4) is 0 Å². The summed E-state index contributed by atoms with van der Waals surface area (Å²) in [6.07, 6.45) is 3.81. The van der Waals surface area contributed by atoms with E-state index in [1.807, 2.05) is 28.9 Å². The van der Waals surface area contributed by atoms with E-state index >= 15 is 0 Å². The number of rotatable bonds is 3. The van der Waals surface area contributed by atoms with Crippen molar-refractivity contribution in [1.82, 2.24) is 20.0 Å². The predicted molar refractivity (Wildman–Crippen MR) is 103 cm³/mol. The molecule has 0 bridgehead atoms. The monoisotopic (exact) mass is 455 g/mol.